The summed E-state index contributed by atoms with van der Waals surface area (Å²) in [4.78, 5) is 14.0. The minimum absolute atomic E-state index is 0.189. The maximum Gasteiger partial charge on any atom is 0.250 e. The van der Waals surface area contributed by atoms with E-state index in [1.807, 2.05) is 24.3 Å². The molecule has 1 aromatic carbocycles. The van der Waals surface area contributed by atoms with Gasteiger partial charge < -0.3 is 14.6 Å². The first-order valence-electron chi connectivity index (χ1n) is 8.95. The Labute approximate surface area is 175 Å². The Hall–Kier alpha value is -2.69. The van der Waals surface area contributed by atoms with E-state index >= 15 is 0 Å². The van der Waals surface area contributed by atoms with Gasteiger partial charge in [-0.3, -0.25) is 10.1 Å². The molecule has 0 radical (unpaired) electrons. The fraction of sp³-hybridized carbons (Fsp3) is 0.263. The number of piperazine rings is 1. The zero-order valence-electron chi connectivity index (χ0n) is 15.9. The molecule has 0 saturated carbocycles. The first-order valence-corrected chi connectivity index (χ1v) is 11.2. The van der Waals surface area contributed by atoms with Crippen LogP contribution in [0.4, 0.5) is 11.4 Å². The molecule has 3 rings (SSSR count). The van der Waals surface area contributed by atoms with Gasteiger partial charge in [0.25, 0.3) is 0 Å². The molecular weight excluding hydrogens is 412 g/mol. The quantitative estimate of drug-likeness (QED) is 0.548. The van der Waals surface area contributed by atoms with Crippen LogP contribution in [0.25, 0.3) is 6.08 Å². The Morgan fingerprint density at radius 2 is 1.83 bits per heavy atom. The number of anilines is 2. The summed E-state index contributed by atoms with van der Waals surface area (Å²) in [7, 11) is -3.14. The van der Waals surface area contributed by atoms with Crippen molar-refractivity contribution in [3.63, 3.8) is 0 Å². The van der Waals surface area contributed by atoms with Gasteiger partial charge in [-0.15, -0.1) is 0 Å². The van der Waals surface area contributed by atoms with Crippen LogP contribution in [0.1, 0.15) is 5.76 Å². The van der Waals surface area contributed by atoms with Crippen molar-refractivity contribution in [2.45, 2.75) is 0 Å². The van der Waals surface area contributed by atoms with E-state index in [2.05, 4.69) is 15.5 Å². The summed E-state index contributed by atoms with van der Waals surface area (Å²) in [5.74, 6) is 0.214. The predicted molar refractivity (Wildman–Crippen MR) is 117 cm³/mol. The largest absolute Gasteiger partial charge is 0.465 e. The van der Waals surface area contributed by atoms with Crippen molar-refractivity contribution in [3.8, 4) is 0 Å². The third kappa shape index (κ3) is 6.14. The third-order valence-electron chi connectivity index (χ3n) is 4.38. The Kier molecular flexibility index (Phi) is 6.68. The van der Waals surface area contributed by atoms with E-state index in [4.69, 9.17) is 16.6 Å². The molecule has 1 aliphatic heterocycles. The molecule has 0 aliphatic carbocycles. The van der Waals surface area contributed by atoms with Crippen molar-refractivity contribution in [2.24, 2.45) is 0 Å². The number of benzene rings is 1. The van der Waals surface area contributed by atoms with E-state index in [1.54, 1.807) is 18.2 Å². The second-order valence-corrected chi connectivity index (χ2v) is 8.88. The van der Waals surface area contributed by atoms with E-state index < -0.39 is 10.0 Å². The number of hydrogen-bond acceptors (Lipinski definition) is 6. The maximum absolute atomic E-state index is 11.9. The lowest BCUT2D eigenvalue weighted by Crippen LogP contribution is -2.48. The van der Waals surface area contributed by atoms with Gasteiger partial charge >= 0.3 is 0 Å². The summed E-state index contributed by atoms with van der Waals surface area (Å²) in [6, 6.07) is 11.0. The number of furan rings is 1. The highest BCUT2D eigenvalue weighted by molar-refractivity contribution is 7.88. The minimum atomic E-state index is -3.14. The molecule has 0 atom stereocenters. The fourth-order valence-corrected chi connectivity index (χ4v) is 3.94. The lowest BCUT2D eigenvalue weighted by molar-refractivity contribution is -0.115. The summed E-state index contributed by atoms with van der Waals surface area (Å²) >= 11 is 5.16. The summed E-state index contributed by atoms with van der Waals surface area (Å²) in [5.41, 5.74) is 1.74. The number of sulfonamides is 1. The molecule has 1 aromatic heterocycles. The summed E-state index contributed by atoms with van der Waals surface area (Å²) < 4.78 is 29.8. The zero-order chi connectivity index (χ0) is 20.9. The van der Waals surface area contributed by atoms with Crippen molar-refractivity contribution in [1.29, 1.82) is 0 Å². The SMILES string of the molecule is CS(=O)(=O)N1CCN(c2ccc(NC(=S)NC(=O)C=Cc3ccco3)cc2)CC1. The second kappa shape index (κ2) is 9.21. The van der Waals surface area contributed by atoms with Crippen LogP contribution in [0.3, 0.4) is 0 Å². The van der Waals surface area contributed by atoms with Gasteiger partial charge in [0.1, 0.15) is 5.76 Å². The monoisotopic (exact) mass is 434 g/mol. The van der Waals surface area contributed by atoms with Crippen LogP contribution in [-0.2, 0) is 14.8 Å². The van der Waals surface area contributed by atoms with Gasteiger partial charge in [0.2, 0.25) is 15.9 Å². The number of amides is 1. The van der Waals surface area contributed by atoms with Gasteiger partial charge in [0, 0.05) is 43.6 Å². The van der Waals surface area contributed by atoms with Crippen LogP contribution in [0.15, 0.2) is 53.2 Å². The molecule has 8 nitrogen and oxygen atoms in total. The Morgan fingerprint density at radius 1 is 1.14 bits per heavy atom. The molecule has 10 heteroatoms. The number of nitrogens with one attached hydrogen (secondary N) is 2. The lowest BCUT2D eigenvalue weighted by Gasteiger charge is -2.34. The Balaban J connectivity index is 1.49. The van der Waals surface area contributed by atoms with Crippen molar-refractivity contribution in [1.82, 2.24) is 9.62 Å². The normalized spacial score (nSPS) is 15.4. The average Bonchev–Trinajstić information content (AvgIpc) is 3.20. The number of hydrogen-bond donors (Lipinski definition) is 2. The summed E-state index contributed by atoms with van der Waals surface area (Å²) in [6.07, 6.45) is 5.65. The second-order valence-electron chi connectivity index (χ2n) is 6.49. The first kappa shape index (κ1) is 21.0. The number of thiocarbonyl (C=S) groups is 1. The molecule has 2 heterocycles. The molecule has 1 saturated heterocycles. The van der Waals surface area contributed by atoms with Crippen LogP contribution >= 0.6 is 12.2 Å². The Bertz CT molecular complexity index is 978. The number of carbonyl (C=O) groups is 1. The van der Waals surface area contributed by atoms with Crippen LogP contribution in [0.5, 0.6) is 0 Å². The fourth-order valence-electron chi connectivity index (χ4n) is 2.89. The van der Waals surface area contributed by atoms with Crippen molar-refractivity contribution in [2.75, 3.05) is 42.7 Å². The van der Waals surface area contributed by atoms with E-state index in [1.165, 1.54) is 22.9 Å². The van der Waals surface area contributed by atoms with E-state index in [-0.39, 0.29) is 11.0 Å². The van der Waals surface area contributed by atoms with E-state index in [0.29, 0.717) is 31.9 Å². The predicted octanol–water partition coefficient (Wildman–Crippen LogP) is 1.89. The topological polar surface area (TPSA) is 94.9 Å². The Morgan fingerprint density at radius 3 is 2.41 bits per heavy atom. The minimum Gasteiger partial charge on any atom is -0.465 e. The van der Waals surface area contributed by atoms with Crippen LogP contribution in [-0.4, -0.2) is 56.2 Å². The lowest BCUT2D eigenvalue weighted by atomic mass is 10.2. The van der Waals surface area contributed by atoms with Crippen LogP contribution in [0, 0.1) is 0 Å². The molecular formula is C19H22N4O4S2. The molecule has 1 aliphatic rings. The van der Waals surface area contributed by atoms with Gasteiger partial charge in [0.15, 0.2) is 5.11 Å². The average molecular weight is 435 g/mol. The summed E-state index contributed by atoms with van der Waals surface area (Å²) in [5, 5.41) is 5.72. The van der Waals surface area contributed by atoms with Gasteiger partial charge in [-0.05, 0) is 54.7 Å². The van der Waals surface area contributed by atoms with Crippen molar-refractivity contribution < 1.29 is 17.6 Å². The van der Waals surface area contributed by atoms with Crippen LogP contribution in [0.2, 0.25) is 0 Å². The highest BCUT2D eigenvalue weighted by Crippen LogP contribution is 2.20. The molecule has 0 unspecified atom stereocenters. The number of carbonyl (C=O) groups excluding carboxylic acids is 1. The van der Waals surface area contributed by atoms with E-state index in [9.17, 15) is 13.2 Å². The molecule has 0 spiro atoms. The smallest absolute Gasteiger partial charge is 0.250 e. The summed E-state index contributed by atoms with van der Waals surface area (Å²) in [6.45, 7) is 2.22. The molecule has 0 bridgehead atoms. The molecule has 154 valence electrons. The molecule has 29 heavy (non-hydrogen) atoms. The van der Waals surface area contributed by atoms with Gasteiger partial charge in [-0.25, -0.2) is 8.42 Å². The molecule has 1 amide bonds. The molecule has 2 aromatic rings. The maximum atomic E-state index is 11.9. The molecule has 1 fully saturated rings. The first-order chi connectivity index (χ1) is 13.8. The van der Waals surface area contributed by atoms with Gasteiger partial charge in [0.05, 0.1) is 12.5 Å². The highest BCUT2D eigenvalue weighted by atomic mass is 32.2. The van der Waals surface area contributed by atoms with Crippen molar-refractivity contribution >= 4 is 50.7 Å². The zero-order valence-corrected chi connectivity index (χ0v) is 17.5. The highest BCUT2D eigenvalue weighted by Gasteiger charge is 2.23. The van der Waals surface area contributed by atoms with E-state index in [0.717, 1.165) is 11.4 Å². The third-order valence-corrected chi connectivity index (χ3v) is 5.88. The van der Waals surface area contributed by atoms with Crippen molar-refractivity contribution in [3.05, 3.63) is 54.5 Å². The number of rotatable bonds is 5. The number of nitrogens with zero attached hydrogens (tertiary/aromatic N) is 2. The standard InChI is InChI=1S/C19H22N4O4S2/c1-29(25,26)23-12-10-22(11-13-23)16-6-4-15(5-7-16)20-19(28)21-18(24)9-8-17-3-2-14-27-17/h2-9,14H,10-13H2,1H3,(H2,20,21,24,28). The van der Waals surface area contributed by atoms with Gasteiger partial charge in [-0.2, -0.15) is 4.31 Å². The van der Waals surface area contributed by atoms with Crippen LogP contribution < -0.4 is 15.5 Å². The van der Waals surface area contributed by atoms with Gasteiger partial charge in [-0.1, -0.05) is 0 Å². The molecule has 2 N–H and O–H groups in total.